The van der Waals surface area contributed by atoms with Gasteiger partial charge in [-0.3, -0.25) is 0 Å². The second-order valence-corrected chi connectivity index (χ2v) is 5.93. The van der Waals surface area contributed by atoms with Gasteiger partial charge < -0.3 is 10.2 Å². The van der Waals surface area contributed by atoms with E-state index in [-0.39, 0.29) is 5.02 Å². The number of anilines is 1. The summed E-state index contributed by atoms with van der Waals surface area (Å²) in [6.45, 7) is 5.82. The highest BCUT2D eigenvalue weighted by atomic mass is 35.5. The molecule has 0 spiro atoms. The van der Waals surface area contributed by atoms with Gasteiger partial charge in [-0.25, -0.2) is 4.98 Å². The number of piperidine rings is 1. The molecule has 2 heterocycles. The van der Waals surface area contributed by atoms with Crippen LogP contribution < -0.4 is 5.32 Å². The number of nitrogens with one attached hydrogen (secondary N) is 1. The quantitative estimate of drug-likeness (QED) is 0.911. The molecule has 1 aromatic rings. The van der Waals surface area contributed by atoms with E-state index in [2.05, 4.69) is 22.1 Å². The first-order valence-electron chi connectivity index (χ1n) is 7.05. The molecule has 1 unspecified atom stereocenters. The summed E-state index contributed by atoms with van der Waals surface area (Å²) in [7, 11) is 0. The van der Waals surface area contributed by atoms with Gasteiger partial charge in [0, 0.05) is 25.8 Å². The van der Waals surface area contributed by atoms with E-state index in [1.165, 1.54) is 12.8 Å². The van der Waals surface area contributed by atoms with Crippen molar-refractivity contribution < 1.29 is 13.2 Å². The second kappa shape index (κ2) is 6.83. The Morgan fingerprint density at radius 1 is 1.48 bits per heavy atom. The van der Waals surface area contributed by atoms with Crippen LogP contribution in [0.25, 0.3) is 0 Å². The topological polar surface area (TPSA) is 28.2 Å². The fourth-order valence-electron chi connectivity index (χ4n) is 2.55. The fourth-order valence-corrected chi connectivity index (χ4v) is 2.78. The highest BCUT2D eigenvalue weighted by molar-refractivity contribution is 6.32. The lowest BCUT2D eigenvalue weighted by atomic mass is 10.0. The maximum absolute atomic E-state index is 12.5. The Hall–Kier alpha value is -1.01. The number of likely N-dealkylation sites (tertiary alicyclic amines) is 1. The van der Waals surface area contributed by atoms with Crippen molar-refractivity contribution in [3.05, 3.63) is 22.8 Å². The van der Waals surface area contributed by atoms with E-state index < -0.39 is 11.7 Å². The summed E-state index contributed by atoms with van der Waals surface area (Å²) in [4.78, 5) is 6.11. The number of rotatable bonds is 4. The van der Waals surface area contributed by atoms with Crippen LogP contribution in [-0.2, 0) is 6.18 Å². The van der Waals surface area contributed by atoms with Crippen LogP contribution in [0.15, 0.2) is 12.3 Å². The van der Waals surface area contributed by atoms with Crippen LogP contribution in [0.2, 0.25) is 5.02 Å². The zero-order valence-electron chi connectivity index (χ0n) is 11.9. The van der Waals surface area contributed by atoms with E-state index >= 15 is 0 Å². The first kappa shape index (κ1) is 16.4. The first-order valence-corrected chi connectivity index (χ1v) is 7.43. The SMILES string of the molecule is CC1CCCN(CCNc2ncc(C(F)(F)F)cc2Cl)C1. The largest absolute Gasteiger partial charge is 0.417 e. The molecule has 0 aliphatic carbocycles. The van der Waals surface area contributed by atoms with Crippen molar-refractivity contribution in [2.45, 2.75) is 25.9 Å². The van der Waals surface area contributed by atoms with E-state index in [0.717, 1.165) is 31.9 Å². The normalized spacial score (nSPS) is 20.5. The molecule has 0 bridgehead atoms. The van der Waals surface area contributed by atoms with Crippen LogP contribution in [0.4, 0.5) is 19.0 Å². The summed E-state index contributed by atoms with van der Waals surface area (Å²) in [6.07, 6.45) is -1.16. The van der Waals surface area contributed by atoms with Crippen LogP contribution >= 0.6 is 11.6 Å². The molecule has 1 aliphatic heterocycles. The highest BCUT2D eigenvalue weighted by Crippen LogP contribution is 2.32. The molecule has 1 atom stereocenters. The fraction of sp³-hybridized carbons (Fsp3) is 0.643. The number of hydrogen-bond acceptors (Lipinski definition) is 3. The summed E-state index contributed by atoms with van der Waals surface area (Å²) >= 11 is 5.84. The van der Waals surface area contributed by atoms with Crippen LogP contribution in [0.5, 0.6) is 0 Å². The Bertz CT molecular complexity index is 479. The molecule has 1 saturated heterocycles. The van der Waals surface area contributed by atoms with Crippen molar-refractivity contribution in [3.63, 3.8) is 0 Å². The molecule has 0 aromatic carbocycles. The lowest BCUT2D eigenvalue weighted by Crippen LogP contribution is -2.37. The highest BCUT2D eigenvalue weighted by Gasteiger charge is 2.31. The van der Waals surface area contributed by atoms with Gasteiger partial charge in [0.1, 0.15) is 5.82 Å². The van der Waals surface area contributed by atoms with E-state index in [1.807, 2.05) is 0 Å². The molecule has 21 heavy (non-hydrogen) atoms. The molecule has 3 nitrogen and oxygen atoms in total. The van der Waals surface area contributed by atoms with Crippen LogP contribution in [-0.4, -0.2) is 36.1 Å². The first-order chi connectivity index (χ1) is 9.86. The zero-order chi connectivity index (χ0) is 15.5. The summed E-state index contributed by atoms with van der Waals surface area (Å²) in [5.41, 5.74) is -0.831. The molecule has 2 rings (SSSR count). The average molecular weight is 322 g/mol. The van der Waals surface area contributed by atoms with Gasteiger partial charge in [0.2, 0.25) is 0 Å². The molecule has 118 valence electrons. The summed E-state index contributed by atoms with van der Waals surface area (Å²) in [5.74, 6) is 1.00. The maximum atomic E-state index is 12.5. The molecule has 1 aromatic heterocycles. The minimum absolute atomic E-state index is 0.00293. The molecule has 0 amide bonds. The maximum Gasteiger partial charge on any atom is 0.417 e. The third-order valence-electron chi connectivity index (χ3n) is 3.63. The number of pyridine rings is 1. The van der Waals surface area contributed by atoms with Crippen LogP contribution in [0.3, 0.4) is 0 Å². The second-order valence-electron chi connectivity index (χ2n) is 5.53. The van der Waals surface area contributed by atoms with E-state index in [4.69, 9.17) is 11.6 Å². The predicted molar refractivity (Wildman–Crippen MR) is 77.6 cm³/mol. The lowest BCUT2D eigenvalue weighted by molar-refractivity contribution is -0.137. The van der Waals surface area contributed by atoms with E-state index in [0.29, 0.717) is 18.3 Å². The lowest BCUT2D eigenvalue weighted by Gasteiger charge is -2.30. The molecule has 7 heteroatoms. The molecule has 1 aliphatic rings. The van der Waals surface area contributed by atoms with Crippen molar-refractivity contribution >= 4 is 17.4 Å². The Balaban J connectivity index is 1.86. The van der Waals surface area contributed by atoms with E-state index in [1.54, 1.807) is 0 Å². The molecular formula is C14H19ClF3N3. The standard InChI is InChI=1S/C14H19ClF3N3/c1-10-3-2-5-21(9-10)6-4-19-13-12(15)7-11(8-20-13)14(16,17)18/h7-8,10H,2-6,9H2,1H3,(H,19,20). The molecule has 0 saturated carbocycles. The van der Waals surface area contributed by atoms with Gasteiger partial charge in [-0.1, -0.05) is 18.5 Å². The Morgan fingerprint density at radius 2 is 2.24 bits per heavy atom. The van der Waals surface area contributed by atoms with Crippen molar-refractivity contribution in [2.75, 3.05) is 31.5 Å². The minimum Gasteiger partial charge on any atom is -0.368 e. The van der Waals surface area contributed by atoms with E-state index in [9.17, 15) is 13.2 Å². The third-order valence-corrected chi connectivity index (χ3v) is 3.92. The van der Waals surface area contributed by atoms with Gasteiger partial charge in [-0.2, -0.15) is 13.2 Å². The number of halogens is 4. The van der Waals surface area contributed by atoms with Crippen molar-refractivity contribution in [1.82, 2.24) is 9.88 Å². The monoisotopic (exact) mass is 321 g/mol. The number of aromatic nitrogens is 1. The van der Waals surface area contributed by atoms with Gasteiger partial charge in [0.25, 0.3) is 0 Å². The van der Waals surface area contributed by atoms with Crippen molar-refractivity contribution in [1.29, 1.82) is 0 Å². The third kappa shape index (κ3) is 4.74. The number of alkyl halides is 3. The summed E-state index contributed by atoms with van der Waals surface area (Å²) in [6, 6.07) is 0.903. The smallest absolute Gasteiger partial charge is 0.368 e. The Labute approximate surface area is 127 Å². The van der Waals surface area contributed by atoms with Crippen LogP contribution in [0.1, 0.15) is 25.3 Å². The minimum atomic E-state index is -4.42. The van der Waals surface area contributed by atoms with Crippen molar-refractivity contribution in [3.8, 4) is 0 Å². The predicted octanol–water partition coefficient (Wildman–Crippen LogP) is 3.90. The summed E-state index contributed by atoms with van der Waals surface area (Å²) in [5, 5.41) is 3.00. The molecule has 0 radical (unpaired) electrons. The Morgan fingerprint density at radius 3 is 2.86 bits per heavy atom. The van der Waals surface area contributed by atoms with Crippen molar-refractivity contribution in [2.24, 2.45) is 5.92 Å². The van der Waals surface area contributed by atoms with Gasteiger partial charge >= 0.3 is 6.18 Å². The van der Waals surface area contributed by atoms with Gasteiger partial charge in [-0.15, -0.1) is 0 Å². The van der Waals surface area contributed by atoms with Gasteiger partial charge in [0.15, 0.2) is 0 Å². The Kier molecular flexibility index (Phi) is 5.32. The molecular weight excluding hydrogens is 303 g/mol. The number of nitrogens with zero attached hydrogens (tertiary/aromatic N) is 2. The molecule has 1 N–H and O–H groups in total. The summed E-state index contributed by atoms with van der Waals surface area (Å²) < 4.78 is 37.5. The van der Waals surface area contributed by atoms with Gasteiger partial charge in [-0.05, 0) is 31.4 Å². The zero-order valence-corrected chi connectivity index (χ0v) is 12.6. The molecule has 1 fully saturated rings. The average Bonchev–Trinajstić information content (AvgIpc) is 2.39. The van der Waals surface area contributed by atoms with Crippen LogP contribution in [0, 0.1) is 5.92 Å². The number of hydrogen-bond donors (Lipinski definition) is 1. The van der Waals surface area contributed by atoms with Gasteiger partial charge in [0.05, 0.1) is 10.6 Å².